The molecule has 3 aromatic rings. The molecule has 1 N–H and O–H groups in total. The maximum Gasteiger partial charge on any atom is 0.220 e. The summed E-state index contributed by atoms with van der Waals surface area (Å²) in [6.07, 6.45) is 4.40. The molecule has 0 aliphatic heterocycles. The zero-order valence-electron chi connectivity index (χ0n) is 16.4. The van der Waals surface area contributed by atoms with E-state index >= 15 is 0 Å². The van der Waals surface area contributed by atoms with Crippen LogP contribution in [-0.4, -0.2) is 24.0 Å². The average molecular weight is 378 g/mol. The smallest absolute Gasteiger partial charge is 0.220 e. The quantitative estimate of drug-likeness (QED) is 0.599. The van der Waals surface area contributed by atoms with Gasteiger partial charge in [-0.05, 0) is 49.6 Å². The number of nitrogens with zero attached hydrogens (tertiary/aromatic N) is 1. The number of aromatic nitrogens is 1. The van der Waals surface area contributed by atoms with Crippen molar-refractivity contribution in [1.29, 1.82) is 0 Å². The van der Waals surface area contributed by atoms with Crippen LogP contribution in [0.15, 0.2) is 65.2 Å². The number of aryl methyl sites for hydroxylation is 2. The Bertz CT molecular complexity index is 872. The van der Waals surface area contributed by atoms with Crippen LogP contribution < -0.4 is 10.1 Å². The van der Waals surface area contributed by atoms with E-state index in [-0.39, 0.29) is 11.9 Å². The van der Waals surface area contributed by atoms with Crippen molar-refractivity contribution in [1.82, 2.24) is 10.3 Å². The summed E-state index contributed by atoms with van der Waals surface area (Å²) in [6, 6.07) is 18.0. The van der Waals surface area contributed by atoms with Crippen molar-refractivity contribution in [3.8, 4) is 17.1 Å². The van der Waals surface area contributed by atoms with E-state index in [4.69, 9.17) is 9.15 Å². The van der Waals surface area contributed by atoms with Gasteiger partial charge in [0.25, 0.3) is 0 Å². The Labute approximate surface area is 165 Å². The van der Waals surface area contributed by atoms with Gasteiger partial charge < -0.3 is 14.5 Å². The van der Waals surface area contributed by atoms with Gasteiger partial charge in [0.2, 0.25) is 5.91 Å². The van der Waals surface area contributed by atoms with Crippen molar-refractivity contribution in [3.63, 3.8) is 0 Å². The fraction of sp³-hybridized carbons (Fsp3) is 0.304. The van der Waals surface area contributed by atoms with E-state index in [1.54, 1.807) is 13.3 Å². The third-order valence-electron chi connectivity index (χ3n) is 4.61. The Morgan fingerprint density at radius 3 is 2.57 bits per heavy atom. The highest BCUT2D eigenvalue weighted by Crippen LogP contribution is 2.23. The topological polar surface area (TPSA) is 64.4 Å². The lowest BCUT2D eigenvalue weighted by molar-refractivity contribution is -0.121. The maximum absolute atomic E-state index is 12.2. The van der Waals surface area contributed by atoms with Crippen molar-refractivity contribution in [2.24, 2.45) is 0 Å². The van der Waals surface area contributed by atoms with E-state index in [0.717, 1.165) is 24.2 Å². The fourth-order valence-corrected chi connectivity index (χ4v) is 2.98. The Balaban J connectivity index is 1.43. The summed E-state index contributed by atoms with van der Waals surface area (Å²) in [6.45, 7) is 2.04. The second-order valence-corrected chi connectivity index (χ2v) is 6.84. The highest BCUT2D eigenvalue weighted by Gasteiger charge is 2.11. The molecule has 1 aromatic heterocycles. The molecule has 28 heavy (non-hydrogen) atoms. The van der Waals surface area contributed by atoms with Gasteiger partial charge in [0.05, 0.1) is 13.3 Å². The van der Waals surface area contributed by atoms with Crippen molar-refractivity contribution < 1.29 is 13.9 Å². The number of nitrogens with one attached hydrogen (secondary N) is 1. The fourth-order valence-electron chi connectivity index (χ4n) is 2.98. The second kappa shape index (κ2) is 9.74. The van der Waals surface area contributed by atoms with Gasteiger partial charge >= 0.3 is 0 Å². The lowest BCUT2D eigenvalue weighted by Crippen LogP contribution is -2.33. The molecular formula is C23H26N2O3. The highest BCUT2D eigenvalue weighted by molar-refractivity contribution is 5.76. The molecule has 3 rings (SSSR count). The Morgan fingerprint density at radius 2 is 1.86 bits per heavy atom. The van der Waals surface area contributed by atoms with Gasteiger partial charge in [-0.1, -0.05) is 30.3 Å². The van der Waals surface area contributed by atoms with E-state index < -0.39 is 0 Å². The molecule has 0 spiro atoms. The van der Waals surface area contributed by atoms with Crippen molar-refractivity contribution in [2.45, 2.75) is 38.6 Å². The zero-order chi connectivity index (χ0) is 19.8. The molecule has 1 amide bonds. The molecule has 0 saturated carbocycles. The first-order chi connectivity index (χ1) is 13.6. The molecule has 1 atom stereocenters. The number of amides is 1. The summed E-state index contributed by atoms with van der Waals surface area (Å²) in [5, 5.41) is 3.05. The largest absolute Gasteiger partial charge is 0.497 e. The van der Waals surface area contributed by atoms with Crippen LogP contribution in [0, 0.1) is 0 Å². The van der Waals surface area contributed by atoms with Crippen molar-refractivity contribution >= 4 is 5.91 Å². The van der Waals surface area contributed by atoms with Crippen LogP contribution in [0.3, 0.4) is 0 Å². The minimum Gasteiger partial charge on any atom is -0.497 e. The molecule has 5 heteroatoms. The molecule has 0 radical (unpaired) electrons. The summed E-state index contributed by atoms with van der Waals surface area (Å²) < 4.78 is 10.9. The van der Waals surface area contributed by atoms with Crippen LogP contribution in [-0.2, 0) is 17.6 Å². The first-order valence-electron chi connectivity index (χ1n) is 9.56. The van der Waals surface area contributed by atoms with Gasteiger partial charge in [-0.15, -0.1) is 0 Å². The Morgan fingerprint density at radius 1 is 1.11 bits per heavy atom. The van der Waals surface area contributed by atoms with Gasteiger partial charge in [0, 0.05) is 24.4 Å². The number of methoxy groups -OCH3 is 1. The molecule has 5 nitrogen and oxygen atoms in total. The van der Waals surface area contributed by atoms with Crippen LogP contribution in [0.1, 0.15) is 31.2 Å². The third kappa shape index (κ3) is 5.71. The van der Waals surface area contributed by atoms with Crippen molar-refractivity contribution in [3.05, 3.63) is 72.2 Å². The number of hydrogen-bond acceptors (Lipinski definition) is 4. The Hall–Kier alpha value is -3.08. The third-order valence-corrected chi connectivity index (χ3v) is 4.61. The van der Waals surface area contributed by atoms with E-state index in [9.17, 15) is 4.79 Å². The number of oxazole rings is 1. The lowest BCUT2D eigenvalue weighted by Gasteiger charge is -2.13. The Kier molecular flexibility index (Phi) is 6.84. The molecule has 0 aliphatic rings. The monoisotopic (exact) mass is 378 g/mol. The van der Waals surface area contributed by atoms with E-state index in [1.165, 1.54) is 5.56 Å². The minimum absolute atomic E-state index is 0.0183. The van der Waals surface area contributed by atoms with E-state index in [2.05, 4.69) is 22.4 Å². The summed E-state index contributed by atoms with van der Waals surface area (Å²) in [7, 11) is 1.63. The number of benzene rings is 2. The van der Waals surface area contributed by atoms with E-state index in [1.807, 2.05) is 49.4 Å². The predicted molar refractivity (Wildman–Crippen MR) is 109 cm³/mol. The van der Waals surface area contributed by atoms with Gasteiger partial charge in [0.15, 0.2) is 11.7 Å². The molecule has 1 heterocycles. The summed E-state index contributed by atoms with van der Waals surface area (Å²) in [5.74, 6) is 2.07. The SMILES string of the molecule is COc1ccc(-c2cnc(CCC(=O)N[C@H](C)CCc3ccccc3)o2)cc1. The average Bonchev–Trinajstić information content (AvgIpc) is 3.21. The number of carbonyl (C=O) groups excluding carboxylic acids is 1. The normalized spacial score (nSPS) is 11.8. The molecule has 0 bridgehead atoms. The molecule has 0 aliphatic carbocycles. The molecule has 0 saturated heterocycles. The van der Waals surface area contributed by atoms with Crippen LogP contribution >= 0.6 is 0 Å². The summed E-state index contributed by atoms with van der Waals surface area (Å²) in [5.41, 5.74) is 2.22. The van der Waals surface area contributed by atoms with Crippen LogP contribution in [0.4, 0.5) is 0 Å². The number of carbonyl (C=O) groups is 1. The molecular weight excluding hydrogens is 352 g/mol. The van der Waals surface area contributed by atoms with Crippen molar-refractivity contribution in [2.75, 3.05) is 7.11 Å². The predicted octanol–water partition coefficient (Wildman–Crippen LogP) is 4.42. The highest BCUT2D eigenvalue weighted by atomic mass is 16.5. The first kappa shape index (κ1) is 19.7. The maximum atomic E-state index is 12.2. The lowest BCUT2D eigenvalue weighted by atomic mass is 10.1. The number of ether oxygens (including phenoxy) is 1. The van der Waals surface area contributed by atoms with Gasteiger partial charge in [-0.25, -0.2) is 4.98 Å². The first-order valence-corrected chi connectivity index (χ1v) is 9.56. The summed E-state index contributed by atoms with van der Waals surface area (Å²) in [4.78, 5) is 16.5. The minimum atomic E-state index is 0.0183. The number of rotatable bonds is 9. The zero-order valence-corrected chi connectivity index (χ0v) is 16.4. The van der Waals surface area contributed by atoms with Gasteiger partial charge in [-0.2, -0.15) is 0 Å². The summed E-state index contributed by atoms with van der Waals surface area (Å²) >= 11 is 0. The molecule has 0 unspecified atom stereocenters. The van der Waals surface area contributed by atoms with E-state index in [0.29, 0.717) is 24.5 Å². The molecule has 146 valence electrons. The standard InChI is InChI=1S/C23H26N2O3/c1-17(8-9-18-6-4-3-5-7-18)25-22(26)14-15-23-24-16-21(28-23)19-10-12-20(27-2)13-11-19/h3-7,10-13,16-17H,8-9,14-15H2,1-2H3,(H,25,26)/t17-/m1/s1. The van der Waals surface area contributed by atoms with Crippen LogP contribution in [0.2, 0.25) is 0 Å². The van der Waals surface area contributed by atoms with Crippen LogP contribution in [0.25, 0.3) is 11.3 Å². The molecule has 2 aromatic carbocycles. The van der Waals surface area contributed by atoms with Gasteiger partial charge in [-0.3, -0.25) is 4.79 Å². The molecule has 0 fully saturated rings. The van der Waals surface area contributed by atoms with Gasteiger partial charge in [0.1, 0.15) is 5.75 Å². The number of hydrogen-bond donors (Lipinski definition) is 1. The second-order valence-electron chi connectivity index (χ2n) is 6.84. The van der Waals surface area contributed by atoms with Crippen LogP contribution in [0.5, 0.6) is 5.75 Å².